The molecule has 0 bridgehead atoms. The molecule has 1 heterocycles. The number of ether oxygens (including phenoxy) is 1. The van der Waals surface area contributed by atoms with Crippen LogP contribution >= 0.6 is 0 Å². The van der Waals surface area contributed by atoms with Crippen LogP contribution in [0.15, 0.2) is 60.7 Å². The summed E-state index contributed by atoms with van der Waals surface area (Å²) in [5.74, 6) is 0.136. The van der Waals surface area contributed by atoms with Gasteiger partial charge in [-0.15, -0.1) is 0 Å². The third-order valence-electron chi connectivity index (χ3n) is 6.77. The Bertz CT molecular complexity index is 865. The van der Waals surface area contributed by atoms with Gasteiger partial charge in [0.25, 0.3) is 0 Å². The normalized spacial score (nSPS) is 20.6. The molecule has 4 rings (SSSR count). The van der Waals surface area contributed by atoms with Crippen LogP contribution in [0.4, 0.5) is 0 Å². The van der Waals surface area contributed by atoms with Crippen LogP contribution in [0.2, 0.25) is 0 Å². The summed E-state index contributed by atoms with van der Waals surface area (Å²) in [6.07, 6.45) is 7.35. The van der Waals surface area contributed by atoms with Gasteiger partial charge in [-0.3, -0.25) is 14.5 Å². The van der Waals surface area contributed by atoms with Gasteiger partial charge >= 0.3 is 5.97 Å². The topological polar surface area (TPSA) is 58.6 Å². The van der Waals surface area contributed by atoms with Gasteiger partial charge in [-0.05, 0) is 43.4 Å². The molecule has 2 aromatic rings. The monoisotopic (exact) mass is 434 g/mol. The van der Waals surface area contributed by atoms with Gasteiger partial charge in [-0.1, -0.05) is 79.9 Å². The fourth-order valence-electron chi connectivity index (χ4n) is 5.08. The molecule has 1 aliphatic carbocycles. The minimum atomic E-state index is -0.267. The van der Waals surface area contributed by atoms with E-state index in [0.29, 0.717) is 12.5 Å². The molecule has 1 saturated carbocycles. The Morgan fingerprint density at radius 1 is 0.906 bits per heavy atom. The lowest BCUT2D eigenvalue weighted by atomic mass is 9.82. The quantitative estimate of drug-likeness (QED) is 0.616. The number of hydrogen-bond acceptors (Lipinski definition) is 4. The zero-order valence-electron chi connectivity index (χ0n) is 18.7. The van der Waals surface area contributed by atoms with E-state index in [-0.39, 0.29) is 30.6 Å². The van der Waals surface area contributed by atoms with E-state index in [2.05, 4.69) is 17.4 Å². The van der Waals surface area contributed by atoms with Gasteiger partial charge in [0.2, 0.25) is 5.91 Å². The number of benzene rings is 2. The average Bonchev–Trinajstić information content (AvgIpc) is 3.31. The molecular weight excluding hydrogens is 400 g/mol. The minimum Gasteiger partial charge on any atom is -0.456 e. The molecule has 5 nitrogen and oxygen atoms in total. The predicted octanol–water partition coefficient (Wildman–Crippen LogP) is 4.63. The maximum atomic E-state index is 13.0. The van der Waals surface area contributed by atoms with Gasteiger partial charge in [0.1, 0.15) is 6.10 Å². The van der Waals surface area contributed by atoms with Crippen molar-refractivity contribution in [1.82, 2.24) is 10.2 Å². The summed E-state index contributed by atoms with van der Waals surface area (Å²) < 4.78 is 6.08. The number of esters is 1. The maximum absolute atomic E-state index is 13.0. The molecule has 0 radical (unpaired) electrons. The molecule has 2 fully saturated rings. The van der Waals surface area contributed by atoms with Crippen molar-refractivity contribution >= 4 is 11.9 Å². The highest BCUT2D eigenvalue weighted by Gasteiger charge is 2.34. The first kappa shape index (κ1) is 22.5. The second-order valence-corrected chi connectivity index (χ2v) is 9.05. The predicted molar refractivity (Wildman–Crippen MR) is 125 cm³/mol. The Morgan fingerprint density at radius 2 is 1.59 bits per heavy atom. The third-order valence-corrected chi connectivity index (χ3v) is 6.77. The second kappa shape index (κ2) is 11.3. The largest absolute Gasteiger partial charge is 0.456 e. The van der Waals surface area contributed by atoms with Crippen LogP contribution < -0.4 is 5.32 Å². The molecule has 0 spiro atoms. The Hall–Kier alpha value is -2.66. The van der Waals surface area contributed by atoms with Gasteiger partial charge in [-0.2, -0.15) is 0 Å². The van der Waals surface area contributed by atoms with Crippen molar-refractivity contribution in [1.29, 1.82) is 0 Å². The molecule has 0 aromatic heterocycles. The smallest absolute Gasteiger partial charge is 0.320 e. The highest BCUT2D eigenvalue weighted by atomic mass is 16.5. The van der Waals surface area contributed by atoms with E-state index in [1.807, 2.05) is 53.4 Å². The van der Waals surface area contributed by atoms with Crippen LogP contribution in [-0.2, 0) is 20.9 Å². The standard InChI is InChI=1S/C27H34N2O3/c30-25(32-26(22-13-6-2-7-14-22)23-15-8-3-9-16-23)20-29-18-10-17-24(29)27(31)28-19-21-11-4-1-5-12-21/h1-2,4-7,11-14,23-24,26H,3,8-10,15-20H2,(H,28,31)/t24-,26?/m0/s1. The molecule has 32 heavy (non-hydrogen) atoms. The first-order valence-electron chi connectivity index (χ1n) is 12.0. The number of carbonyl (C=O) groups excluding carboxylic acids is 2. The highest BCUT2D eigenvalue weighted by molar-refractivity contribution is 5.83. The summed E-state index contributed by atoms with van der Waals surface area (Å²) in [4.78, 5) is 27.8. The lowest BCUT2D eigenvalue weighted by molar-refractivity contribution is -0.155. The lowest BCUT2D eigenvalue weighted by Crippen LogP contribution is -2.45. The van der Waals surface area contributed by atoms with Crippen molar-refractivity contribution in [2.45, 2.75) is 63.6 Å². The number of hydrogen-bond donors (Lipinski definition) is 1. The van der Waals surface area contributed by atoms with Gasteiger partial charge in [0.05, 0.1) is 12.6 Å². The van der Waals surface area contributed by atoms with Crippen LogP contribution in [0.5, 0.6) is 0 Å². The molecule has 170 valence electrons. The molecular formula is C27H34N2O3. The fourth-order valence-corrected chi connectivity index (χ4v) is 5.08. The van der Waals surface area contributed by atoms with E-state index in [0.717, 1.165) is 43.4 Å². The Balaban J connectivity index is 1.35. The maximum Gasteiger partial charge on any atom is 0.320 e. The zero-order valence-corrected chi connectivity index (χ0v) is 18.7. The Labute approximate surface area is 191 Å². The van der Waals surface area contributed by atoms with E-state index in [4.69, 9.17) is 4.74 Å². The number of carbonyl (C=O) groups is 2. The van der Waals surface area contributed by atoms with E-state index in [1.165, 1.54) is 19.3 Å². The molecule has 5 heteroatoms. The second-order valence-electron chi connectivity index (χ2n) is 9.05. The summed E-state index contributed by atoms with van der Waals surface area (Å²) >= 11 is 0. The average molecular weight is 435 g/mol. The van der Waals surface area contributed by atoms with Crippen LogP contribution in [0.1, 0.15) is 62.2 Å². The first-order chi connectivity index (χ1) is 15.7. The van der Waals surface area contributed by atoms with Crippen LogP contribution in [0.25, 0.3) is 0 Å². The molecule has 1 N–H and O–H groups in total. The minimum absolute atomic E-state index is 0.00829. The van der Waals surface area contributed by atoms with Crippen molar-refractivity contribution in [3.8, 4) is 0 Å². The number of likely N-dealkylation sites (tertiary alicyclic amines) is 1. The summed E-state index contributed by atoms with van der Waals surface area (Å²) in [5.41, 5.74) is 2.15. The first-order valence-corrected chi connectivity index (χ1v) is 12.0. The van der Waals surface area contributed by atoms with Crippen LogP contribution in [-0.4, -0.2) is 35.9 Å². The zero-order chi connectivity index (χ0) is 22.2. The highest BCUT2D eigenvalue weighted by Crippen LogP contribution is 2.37. The Kier molecular flexibility index (Phi) is 7.94. The van der Waals surface area contributed by atoms with Crippen molar-refractivity contribution in [2.24, 2.45) is 5.92 Å². The van der Waals surface area contributed by atoms with E-state index < -0.39 is 0 Å². The van der Waals surface area contributed by atoms with Crippen molar-refractivity contribution in [3.63, 3.8) is 0 Å². The summed E-state index contributed by atoms with van der Waals surface area (Å²) in [5, 5.41) is 3.03. The molecule has 1 amide bonds. The molecule has 2 aliphatic rings. The van der Waals surface area contributed by atoms with Crippen molar-refractivity contribution in [3.05, 3.63) is 71.8 Å². The molecule has 1 aliphatic heterocycles. The number of nitrogens with one attached hydrogen (secondary N) is 1. The van der Waals surface area contributed by atoms with Gasteiger partial charge in [-0.25, -0.2) is 0 Å². The van der Waals surface area contributed by atoms with E-state index in [1.54, 1.807) is 0 Å². The Morgan fingerprint density at radius 3 is 2.31 bits per heavy atom. The fraction of sp³-hybridized carbons (Fsp3) is 0.481. The number of amides is 1. The molecule has 2 aromatic carbocycles. The summed E-state index contributed by atoms with van der Waals surface area (Å²) in [6.45, 7) is 1.42. The molecule has 1 saturated heterocycles. The lowest BCUT2D eigenvalue weighted by Gasteiger charge is -2.31. The summed E-state index contributed by atoms with van der Waals surface area (Å²) in [7, 11) is 0. The molecule has 2 atom stereocenters. The number of nitrogens with zero attached hydrogens (tertiary/aromatic N) is 1. The number of rotatable bonds is 8. The van der Waals surface area contributed by atoms with Crippen molar-refractivity contribution < 1.29 is 14.3 Å². The SMILES string of the molecule is O=C(CN1CCC[C@H]1C(=O)NCc1ccccc1)OC(c1ccccc1)C1CCCCC1. The van der Waals surface area contributed by atoms with Crippen LogP contribution in [0, 0.1) is 5.92 Å². The van der Waals surface area contributed by atoms with E-state index in [9.17, 15) is 9.59 Å². The van der Waals surface area contributed by atoms with Gasteiger partial charge in [0.15, 0.2) is 0 Å². The molecule has 1 unspecified atom stereocenters. The van der Waals surface area contributed by atoms with E-state index >= 15 is 0 Å². The van der Waals surface area contributed by atoms with Crippen LogP contribution in [0.3, 0.4) is 0 Å². The van der Waals surface area contributed by atoms with Crippen molar-refractivity contribution in [2.75, 3.05) is 13.1 Å². The van der Waals surface area contributed by atoms with Gasteiger partial charge in [0, 0.05) is 12.5 Å². The third kappa shape index (κ3) is 5.98. The summed E-state index contributed by atoms with van der Waals surface area (Å²) in [6, 6.07) is 19.7. The van der Waals surface area contributed by atoms with Gasteiger partial charge < -0.3 is 10.1 Å².